The molecule has 2 aromatic rings. The van der Waals surface area contributed by atoms with E-state index in [0.717, 1.165) is 56.4 Å². The van der Waals surface area contributed by atoms with Gasteiger partial charge < -0.3 is 24.8 Å². The number of amides is 1. The number of piperazine rings is 1. The van der Waals surface area contributed by atoms with Crippen LogP contribution in [0.25, 0.3) is 0 Å². The molecule has 0 radical (unpaired) electrons. The van der Waals surface area contributed by atoms with Gasteiger partial charge in [0, 0.05) is 32.7 Å². The van der Waals surface area contributed by atoms with Crippen LogP contribution in [0.15, 0.2) is 36.4 Å². The van der Waals surface area contributed by atoms with E-state index in [9.17, 15) is 4.79 Å². The lowest BCUT2D eigenvalue weighted by Crippen LogP contribution is -2.47. The van der Waals surface area contributed by atoms with Crippen LogP contribution < -0.4 is 19.9 Å². The average Bonchev–Trinajstić information content (AvgIpc) is 2.76. The van der Waals surface area contributed by atoms with E-state index in [0.29, 0.717) is 12.2 Å². The van der Waals surface area contributed by atoms with Crippen molar-refractivity contribution in [3.63, 3.8) is 0 Å². The Hall–Kier alpha value is -2.87. The summed E-state index contributed by atoms with van der Waals surface area (Å²) in [5.74, 6) is 1.51. The molecule has 1 aliphatic rings. The third kappa shape index (κ3) is 5.57. The van der Waals surface area contributed by atoms with Crippen LogP contribution in [0.2, 0.25) is 0 Å². The fourth-order valence-electron chi connectivity index (χ4n) is 3.37. The molecule has 8 heteroatoms. The Kier molecular flexibility index (Phi) is 7.24. The van der Waals surface area contributed by atoms with Gasteiger partial charge in [-0.25, -0.2) is 0 Å². The molecule has 1 amide bonds. The maximum Gasteiger partial charge on any atom is 0.271 e. The topological polar surface area (TPSA) is 73.8 Å². The van der Waals surface area contributed by atoms with E-state index >= 15 is 0 Å². The summed E-state index contributed by atoms with van der Waals surface area (Å²) < 4.78 is 5.47. The molecule has 2 heterocycles. The molecule has 1 N–H and O–H groups in total. The summed E-state index contributed by atoms with van der Waals surface area (Å²) in [7, 11) is 5.73. The van der Waals surface area contributed by atoms with Crippen LogP contribution in [0.5, 0.6) is 5.75 Å². The number of hydrogen-bond donors (Lipinski definition) is 1. The Balaban J connectivity index is 1.52. The highest BCUT2D eigenvalue weighted by molar-refractivity contribution is 5.92. The normalized spacial score (nSPS) is 14.2. The fourth-order valence-corrected chi connectivity index (χ4v) is 3.37. The van der Waals surface area contributed by atoms with Gasteiger partial charge in [-0.2, -0.15) is 0 Å². The Morgan fingerprint density at radius 2 is 1.79 bits per heavy atom. The standard InChI is InChI=1S/C21H30N6O2/c1-25(2)12-6-11-22-21(28)17-9-10-20(24-23-17)27-15-13-26(14-16-27)18-7-4-5-8-19(18)29-3/h4-5,7-10H,6,11-16H2,1-3H3,(H,22,28). The number of carbonyl (C=O) groups excluding carboxylic acids is 1. The van der Waals surface area contributed by atoms with Crippen molar-refractivity contribution in [3.05, 3.63) is 42.1 Å². The zero-order valence-corrected chi connectivity index (χ0v) is 17.5. The first-order chi connectivity index (χ1) is 14.1. The fraction of sp³-hybridized carbons (Fsp3) is 0.476. The van der Waals surface area contributed by atoms with Crippen molar-refractivity contribution in [1.29, 1.82) is 0 Å². The highest BCUT2D eigenvalue weighted by atomic mass is 16.5. The lowest BCUT2D eigenvalue weighted by Gasteiger charge is -2.37. The van der Waals surface area contributed by atoms with Gasteiger partial charge in [-0.1, -0.05) is 12.1 Å². The van der Waals surface area contributed by atoms with Gasteiger partial charge in [0.25, 0.3) is 5.91 Å². The molecule has 29 heavy (non-hydrogen) atoms. The van der Waals surface area contributed by atoms with Crippen molar-refractivity contribution in [3.8, 4) is 5.75 Å². The molecule has 0 bridgehead atoms. The van der Waals surface area contributed by atoms with Crippen molar-refractivity contribution in [1.82, 2.24) is 20.4 Å². The maximum absolute atomic E-state index is 12.2. The largest absolute Gasteiger partial charge is 0.495 e. The molecular weight excluding hydrogens is 368 g/mol. The van der Waals surface area contributed by atoms with E-state index in [1.54, 1.807) is 13.2 Å². The Morgan fingerprint density at radius 3 is 2.45 bits per heavy atom. The monoisotopic (exact) mass is 398 g/mol. The molecule has 3 rings (SSSR count). The molecule has 0 unspecified atom stereocenters. The first-order valence-electron chi connectivity index (χ1n) is 9.98. The van der Waals surface area contributed by atoms with Gasteiger partial charge in [-0.3, -0.25) is 4.79 Å². The van der Waals surface area contributed by atoms with E-state index in [4.69, 9.17) is 4.74 Å². The molecule has 156 valence electrons. The summed E-state index contributed by atoms with van der Waals surface area (Å²) >= 11 is 0. The molecule has 0 spiro atoms. The number of nitrogens with one attached hydrogen (secondary N) is 1. The van der Waals surface area contributed by atoms with Gasteiger partial charge in [0.1, 0.15) is 5.75 Å². The SMILES string of the molecule is COc1ccccc1N1CCN(c2ccc(C(=O)NCCCN(C)C)nn2)CC1. The minimum absolute atomic E-state index is 0.177. The second kappa shape index (κ2) is 10.1. The first kappa shape index (κ1) is 20.9. The lowest BCUT2D eigenvalue weighted by atomic mass is 10.2. The molecule has 1 aromatic carbocycles. The summed E-state index contributed by atoms with van der Waals surface area (Å²) in [6, 6.07) is 11.7. The summed E-state index contributed by atoms with van der Waals surface area (Å²) in [5, 5.41) is 11.3. The number of rotatable bonds is 8. The maximum atomic E-state index is 12.2. The zero-order chi connectivity index (χ0) is 20.6. The van der Waals surface area contributed by atoms with Gasteiger partial charge >= 0.3 is 0 Å². The van der Waals surface area contributed by atoms with E-state index in [2.05, 4.69) is 36.3 Å². The molecule has 1 aliphatic heterocycles. The van der Waals surface area contributed by atoms with E-state index in [-0.39, 0.29) is 5.91 Å². The minimum atomic E-state index is -0.177. The third-order valence-electron chi connectivity index (χ3n) is 4.98. The van der Waals surface area contributed by atoms with Crippen LogP contribution in [-0.4, -0.2) is 81.5 Å². The highest BCUT2D eigenvalue weighted by Gasteiger charge is 2.21. The predicted molar refractivity (Wildman–Crippen MR) is 115 cm³/mol. The van der Waals surface area contributed by atoms with Crippen LogP contribution in [0.3, 0.4) is 0 Å². The number of para-hydroxylation sites is 2. The molecule has 8 nitrogen and oxygen atoms in total. The van der Waals surface area contributed by atoms with Crippen LogP contribution in [0, 0.1) is 0 Å². The Bertz CT molecular complexity index is 788. The van der Waals surface area contributed by atoms with Gasteiger partial charge in [-0.15, -0.1) is 10.2 Å². The summed E-state index contributed by atoms with van der Waals surface area (Å²) in [6.07, 6.45) is 0.904. The van der Waals surface area contributed by atoms with E-state index in [1.165, 1.54) is 0 Å². The van der Waals surface area contributed by atoms with Gasteiger partial charge in [0.15, 0.2) is 11.5 Å². The predicted octanol–water partition coefficient (Wildman–Crippen LogP) is 1.49. The second-order valence-corrected chi connectivity index (χ2v) is 7.34. The van der Waals surface area contributed by atoms with E-state index < -0.39 is 0 Å². The van der Waals surface area contributed by atoms with Gasteiger partial charge in [-0.05, 0) is 51.3 Å². The van der Waals surface area contributed by atoms with Crippen LogP contribution >= 0.6 is 0 Å². The quantitative estimate of drug-likeness (QED) is 0.676. The highest BCUT2D eigenvalue weighted by Crippen LogP contribution is 2.28. The van der Waals surface area contributed by atoms with Crippen LogP contribution in [0.4, 0.5) is 11.5 Å². The molecule has 0 atom stereocenters. The van der Waals surface area contributed by atoms with Crippen molar-refractivity contribution < 1.29 is 9.53 Å². The van der Waals surface area contributed by atoms with Crippen molar-refractivity contribution in [2.75, 3.05) is 70.3 Å². The molecule has 0 saturated carbocycles. The minimum Gasteiger partial charge on any atom is -0.495 e. The number of anilines is 2. The number of hydrogen-bond acceptors (Lipinski definition) is 7. The van der Waals surface area contributed by atoms with Crippen LogP contribution in [0.1, 0.15) is 16.9 Å². The van der Waals surface area contributed by atoms with Crippen LogP contribution in [-0.2, 0) is 0 Å². The molecule has 1 saturated heterocycles. The van der Waals surface area contributed by atoms with Crippen molar-refractivity contribution >= 4 is 17.4 Å². The summed E-state index contributed by atoms with van der Waals surface area (Å²) in [6.45, 7) is 4.98. The van der Waals surface area contributed by atoms with Gasteiger partial charge in [0.05, 0.1) is 12.8 Å². The Morgan fingerprint density at radius 1 is 1.07 bits per heavy atom. The van der Waals surface area contributed by atoms with Crippen molar-refractivity contribution in [2.45, 2.75) is 6.42 Å². The number of methoxy groups -OCH3 is 1. The molecule has 1 fully saturated rings. The lowest BCUT2D eigenvalue weighted by molar-refractivity contribution is 0.0946. The number of benzene rings is 1. The second-order valence-electron chi connectivity index (χ2n) is 7.34. The molecule has 1 aromatic heterocycles. The first-order valence-corrected chi connectivity index (χ1v) is 9.98. The summed E-state index contributed by atoms with van der Waals surface area (Å²) in [4.78, 5) is 18.8. The number of nitrogens with zero attached hydrogens (tertiary/aromatic N) is 5. The zero-order valence-electron chi connectivity index (χ0n) is 17.5. The molecule has 0 aliphatic carbocycles. The summed E-state index contributed by atoms with van der Waals surface area (Å²) in [5.41, 5.74) is 1.47. The Labute approximate surface area is 172 Å². The molecular formula is C21H30N6O2. The number of carbonyl (C=O) groups is 1. The number of aromatic nitrogens is 2. The average molecular weight is 399 g/mol. The third-order valence-corrected chi connectivity index (χ3v) is 4.98. The van der Waals surface area contributed by atoms with E-state index in [1.807, 2.05) is 38.4 Å². The van der Waals surface area contributed by atoms with Crippen molar-refractivity contribution in [2.24, 2.45) is 0 Å². The smallest absolute Gasteiger partial charge is 0.271 e. The van der Waals surface area contributed by atoms with Gasteiger partial charge in [0.2, 0.25) is 0 Å². The number of ether oxygens (including phenoxy) is 1.